The lowest BCUT2D eigenvalue weighted by Crippen LogP contribution is -2.02. The summed E-state index contributed by atoms with van der Waals surface area (Å²) in [7, 11) is 0. The fraction of sp³-hybridized carbons (Fsp3) is 0.0870. The summed E-state index contributed by atoms with van der Waals surface area (Å²) in [5.41, 5.74) is 3.84. The molecule has 0 atom stereocenters. The van der Waals surface area contributed by atoms with Crippen LogP contribution in [-0.2, 0) is 6.61 Å². The molecule has 0 aliphatic carbocycles. The van der Waals surface area contributed by atoms with E-state index >= 15 is 0 Å². The van der Waals surface area contributed by atoms with Crippen LogP contribution in [0.2, 0.25) is 0 Å². The van der Waals surface area contributed by atoms with Crippen LogP contribution < -0.4 is 4.74 Å². The summed E-state index contributed by atoms with van der Waals surface area (Å²) in [6.07, 6.45) is 3.42. The predicted molar refractivity (Wildman–Crippen MR) is 102 cm³/mol. The highest BCUT2D eigenvalue weighted by molar-refractivity contribution is 6.08. The Morgan fingerprint density at radius 3 is 2.32 bits per heavy atom. The van der Waals surface area contributed by atoms with Crippen LogP contribution in [0, 0.1) is 6.92 Å². The molecular formula is C23H20O2. The second kappa shape index (κ2) is 8.11. The van der Waals surface area contributed by atoms with Crippen molar-refractivity contribution in [3.05, 3.63) is 107 Å². The molecule has 2 heteroatoms. The number of hydrogen-bond donors (Lipinski definition) is 0. The van der Waals surface area contributed by atoms with Gasteiger partial charge >= 0.3 is 0 Å². The number of benzene rings is 3. The van der Waals surface area contributed by atoms with Crippen LogP contribution >= 0.6 is 0 Å². The zero-order valence-electron chi connectivity index (χ0n) is 14.2. The lowest BCUT2D eigenvalue weighted by molar-refractivity contribution is 0.104. The predicted octanol–water partition coefficient (Wildman–Crippen LogP) is 5.47. The monoisotopic (exact) mass is 328 g/mol. The number of carbonyl (C=O) groups is 1. The SMILES string of the molecule is Cc1ccc(/C=C\C(=O)c2ccccc2OCc2ccccc2)cc1. The number of allylic oxidation sites excluding steroid dienone is 1. The van der Waals surface area contributed by atoms with Crippen molar-refractivity contribution in [2.75, 3.05) is 0 Å². The van der Waals surface area contributed by atoms with Crippen LogP contribution in [0.3, 0.4) is 0 Å². The van der Waals surface area contributed by atoms with Gasteiger partial charge in [-0.05, 0) is 36.3 Å². The maximum Gasteiger partial charge on any atom is 0.189 e. The highest BCUT2D eigenvalue weighted by Crippen LogP contribution is 2.21. The summed E-state index contributed by atoms with van der Waals surface area (Å²) in [5, 5.41) is 0. The Hall–Kier alpha value is -3.13. The fourth-order valence-electron chi connectivity index (χ4n) is 2.47. The number of para-hydroxylation sites is 1. The molecule has 0 unspecified atom stereocenters. The van der Waals surface area contributed by atoms with Crippen LogP contribution in [0.15, 0.2) is 84.9 Å². The van der Waals surface area contributed by atoms with Crippen LogP contribution in [0.4, 0.5) is 0 Å². The second-order valence-corrected chi connectivity index (χ2v) is 5.88. The van der Waals surface area contributed by atoms with Gasteiger partial charge in [0.15, 0.2) is 5.78 Å². The summed E-state index contributed by atoms with van der Waals surface area (Å²) < 4.78 is 5.86. The van der Waals surface area contributed by atoms with Crippen molar-refractivity contribution in [3.63, 3.8) is 0 Å². The van der Waals surface area contributed by atoms with Crippen molar-refractivity contribution in [2.45, 2.75) is 13.5 Å². The van der Waals surface area contributed by atoms with E-state index in [2.05, 4.69) is 0 Å². The normalized spacial score (nSPS) is 10.8. The van der Waals surface area contributed by atoms with Crippen LogP contribution in [0.25, 0.3) is 6.08 Å². The topological polar surface area (TPSA) is 26.3 Å². The molecule has 0 aliphatic rings. The van der Waals surface area contributed by atoms with Crippen molar-refractivity contribution in [1.82, 2.24) is 0 Å². The Morgan fingerprint density at radius 2 is 1.56 bits per heavy atom. The molecule has 0 fully saturated rings. The standard InChI is InChI=1S/C23H20O2/c1-18-11-13-19(14-12-18)15-16-22(24)21-9-5-6-10-23(21)25-17-20-7-3-2-4-8-20/h2-16H,17H2,1H3/b16-15-. The molecule has 0 bridgehead atoms. The largest absolute Gasteiger partial charge is 0.488 e. The number of ketones is 1. The first-order valence-electron chi connectivity index (χ1n) is 8.27. The molecule has 0 radical (unpaired) electrons. The smallest absolute Gasteiger partial charge is 0.189 e. The zero-order chi connectivity index (χ0) is 17.5. The summed E-state index contributed by atoms with van der Waals surface area (Å²) in [4.78, 5) is 12.6. The zero-order valence-corrected chi connectivity index (χ0v) is 14.2. The fourth-order valence-corrected chi connectivity index (χ4v) is 2.47. The van der Waals surface area contributed by atoms with E-state index in [1.54, 1.807) is 12.1 Å². The molecule has 0 spiro atoms. The molecular weight excluding hydrogens is 308 g/mol. The Bertz CT molecular complexity index is 862. The molecule has 2 nitrogen and oxygen atoms in total. The first-order chi connectivity index (χ1) is 12.2. The molecule has 124 valence electrons. The molecule has 0 saturated carbocycles. The molecule has 0 heterocycles. The van der Waals surface area contributed by atoms with Gasteiger partial charge in [-0.15, -0.1) is 0 Å². The minimum atomic E-state index is -0.0655. The maximum atomic E-state index is 12.6. The van der Waals surface area contributed by atoms with Gasteiger partial charge in [-0.25, -0.2) is 0 Å². The third-order valence-electron chi connectivity index (χ3n) is 3.89. The van der Waals surface area contributed by atoms with Gasteiger partial charge in [-0.3, -0.25) is 4.79 Å². The van der Waals surface area contributed by atoms with E-state index in [1.807, 2.05) is 85.8 Å². The lowest BCUT2D eigenvalue weighted by Gasteiger charge is -2.09. The molecule has 3 aromatic carbocycles. The summed E-state index contributed by atoms with van der Waals surface area (Å²) in [5.74, 6) is 0.536. The van der Waals surface area contributed by atoms with E-state index < -0.39 is 0 Å². The van der Waals surface area contributed by atoms with Gasteiger partial charge in [0.05, 0.1) is 5.56 Å². The molecule has 3 aromatic rings. The average Bonchev–Trinajstić information content (AvgIpc) is 2.67. The van der Waals surface area contributed by atoms with Gasteiger partial charge < -0.3 is 4.74 Å². The molecule has 25 heavy (non-hydrogen) atoms. The first kappa shape index (κ1) is 16.7. The van der Waals surface area contributed by atoms with Crippen molar-refractivity contribution < 1.29 is 9.53 Å². The van der Waals surface area contributed by atoms with Crippen molar-refractivity contribution in [2.24, 2.45) is 0 Å². The minimum absolute atomic E-state index is 0.0655. The Morgan fingerprint density at radius 1 is 0.880 bits per heavy atom. The van der Waals surface area contributed by atoms with Crippen molar-refractivity contribution in [1.29, 1.82) is 0 Å². The van der Waals surface area contributed by atoms with E-state index in [-0.39, 0.29) is 5.78 Å². The molecule has 0 aliphatic heterocycles. The molecule has 0 amide bonds. The molecule has 0 aromatic heterocycles. The van der Waals surface area contributed by atoms with Gasteiger partial charge in [-0.1, -0.05) is 78.4 Å². The number of aryl methyl sites for hydroxylation is 1. The average molecular weight is 328 g/mol. The first-order valence-corrected chi connectivity index (χ1v) is 8.27. The number of carbonyl (C=O) groups excluding carboxylic acids is 1. The Kier molecular flexibility index (Phi) is 5.43. The molecule has 0 saturated heterocycles. The third-order valence-corrected chi connectivity index (χ3v) is 3.89. The van der Waals surface area contributed by atoms with Crippen molar-refractivity contribution >= 4 is 11.9 Å². The van der Waals surface area contributed by atoms with E-state index in [0.717, 1.165) is 11.1 Å². The second-order valence-electron chi connectivity index (χ2n) is 5.88. The molecule has 3 rings (SSSR count). The summed E-state index contributed by atoms with van der Waals surface area (Å²) in [6, 6.07) is 25.3. The van der Waals surface area contributed by atoms with Gasteiger partial charge in [0.25, 0.3) is 0 Å². The quantitative estimate of drug-likeness (QED) is 0.443. The highest BCUT2D eigenvalue weighted by Gasteiger charge is 2.09. The van der Waals surface area contributed by atoms with Gasteiger partial charge in [0.1, 0.15) is 12.4 Å². The maximum absolute atomic E-state index is 12.6. The third kappa shape index (κ3) is 4.67. The van der Waals surface area contributed by atoms with Crippen LogP contribution in [0.5, 0.6) is 5.75 Å². The van der Waals surface area contributed by atoms with E-state index in [1.165, 1.54) is 5.56 Å². The minimum Gasteiger partial charge on any atom is -0.488 e. The Labute approximate surface area is 148 Å². The van der Waals surface area contributed by atoms with Crippen LogP contribution in [0.1, 0.15) is 27.0 Å². The van der Waals surface area contributed by atoms with Crippen LogP contribution in [-0.4, -0.2) is 5.78 Å². The van der Waals surface area contributed by atoms with E-state index in [9.17, 15) is 4.79 Å². The van der Waals surface area contributed by atoms with Gasteiger partial charge in [0.2, 0.25) is 0 Å². The van der Waals surface area contributed by atoms with Gasteiger partial charge in [-0.2, -0.15) is 0 Å². The van der Waals surface area contributed by atoms with Crippen molar-refractivity contribution in [3.8, 4) is 5.75 Å². The van der Waals surface area contributed by atoms with E-state index in [4.69, 9.17) is 4.74 Å². The van der Waals surface area contributed by atoms with E-state index in [0.29, 0.717) is 17.9 Å². The molecule has 0 N–H and O–H groups in total. The highest BCUT2D eigenvalue weighted by atomic mass is 16.5. The summed E-state index contributed by atoms with van der Waals surface area (Å²) >= 11 is 0. The lowest BCUT2D eigenvalue weighted by atomic mass is 10.1. The summed E-state index contributed by atoms with van der Waals surface area (Å²) in [6.45, 7) is 2.48. The number of rotatable bonds is 6. The number of hydrogen-bond acceptors (Lipinski definition) is 2. The van der Waals surface area contributed by atoms with Gasteiger partial charge in [0, 0.05) is 0 Å². The number of ether oxygens (including phenoxy) is 1. The Balaban J connectivity index is 1.73.